The minimum Gasteiger partial charge on any atom is -0.436 e. The first kappa shape index (κ1) is 16.1. The van der Waals surface area contributed by atoms with E-state index in [0.717, 1.165) is 29.1 Å². The van der Waals surface area contributed by atoms with Crippen molar-refractivity contribution in [2.24, 2.45) is 5.92 Å². The zero-order valence-corrected chi connectivity index (χ0v) is 16.0. The van der Waals surface area contributed by atoms with Crippen molar-refractivity contribution in [3.05, 3.63) is 51.6 Å². The molecule has 4 rings (SSSR count). The molecule has 124 valence electrons. The van der Waals surface area contributed by atoms with Crippen LogP contribution >= 0.6 is 22.6 Å². The van der Waals surface area contributed by atoms with Crippen molar-refractivity contribution in [2.45, 2.75) is 26.3 Å². The molecule has 1 aromatic heterocycles. The van der Waals surface area contributed by atoms with Crippen molar-refractivity contribution in [1.29, 1.82) is 0 Å². The average Bonchev–Trinajstić information content (AvgIpc) is 2.98. The molecule has 0 bridgehead atoms. The standard InChI is InChI=1S/C20H21IN2O/c1-14-4-3-9-23(12-14)13-15-7-8-19-18(10-15)22-20(24-19)16-5-2-6-17(21)11-16/h2,5-8,10-11,14H,3-4,9,12-13H2,1H3. The van der Waals surface area contributed by atoms with Gasteiger partial charge >= 0.3 is 0 Å². The molecule has 3 nitrogen and oxygen atoms in total. The zero-order chi connectivity index (χ0) is 16.5. The number of benzene rings is 2. The van der Waals surface area contributed by atoms with Crippen LogP contribution in [0.5, 0.6) is 0 Å². The Morgan fingerprint density at radius 3 is 3.00 bits per heavy atom. The zero-order valence-electron chi connectivity index (χ0n) is 13.8. The van der Waals surface area contributed by atoms with Gasteiger partial charge < -0.3 is 4.42 Å². The lowest BCUT2D eigenvalue weighted by molar-refractivity contribution is 0.176. The minimum absolute atomic E-state index is 0.701. The van der Waals surface area contributed by atoms with Gasteiger partial charge in [0.25, 0.3) is 0 Å². The highest BCUT2D eigenvalue weighted by Crippen LogP contribution is 2.26. The molecule has 1 fully saturated rings. The summed E-state index contributed by atoms with van der Waals surface area (Å²) in [5, 5.41) is 0. The van der Waals surface area contributed by atoms with Crippen molar-refractivity contribution in [3.63, 3.8) is 0 Å². The maximum absolute atomic E-state index is 5.94. The normalized spacial score (nSPS) is 19.0. The van der Waals surface area contributed by atoms with Gasteiger partial charge in [0.05, 0.1) is 0 Å². The maximum atomic E-state index is 5.94. The van der Waals surface area contributed by atoms with Crippen molar-refractivity contribution in [2.75, 3.05) is 13.1 Å². The lowest BCUT2D eigenvalue weighted by Gasteiger charge is -2.30. The number of likely N-dealkylation sites (tertiary alicyclic amines) is 1. The minimum atomic E-state index is 0.701. The highest BCUT2D eigenvalue weighted by Gasteiger charge is 2.17. The quantitative estimate of drug-likeness (QED) is 0.524. The van der Waals surface area contributed by atoms with Crippen LogP contribution in [-0.4, -0.2) is 23.0 Å². The SMILES string of the molecule is CC1CCCN(Cc2ccc3oc(-c4cccc(I)c4)nc3c2)C1. The first-order chi connectivity index (χ1) is 11.7. The summed E-state index contributed by atoms with van der Waals surface area (Å²) in [6.07, 6.45) is 2.67. The van der Waals surface area contributed by atoms with Gasteiger partial charge in [0.15, 0.2) is 5.58 Å². The third-order valence-corrected chi connectivity index (χ3v) is 5.34. The molecule has 0 radical (unpaired) electrons. The van der Waals surface area contributed by atoms with E-state index in [9.17, 15) is 0 Å². The lowest BCUT2D eigenvalue weighted by atomic mass is 10.00. The van der Waals surface area contributed by atoms with E-state index in [1.165, 1.54) is 35.1 Å². The van der Waals surface area contributed by atoms with Crippen LogP contribution in [0.15, 0.2) is 46.9 Å². The molecule has 2 heterocycles. The molecule has 0 amide bonds. The van der Waals surface area contributed by atoms with Crippen LogP contribution < -0.4 is 0 Å². The van der Waals surface area contributed by atoms with Gasteiger partial charge in [-0.3, -0.25) is 4.90 Å². The van der Waals surface area contributed by atoms with Gasteiger partial charge in [-0.2, -0.15) is 0 Å². The Hall–Kier alpha value is -1.40. The molecule has 0 N–H and O–H groups in total. The lowest BCUT2D eigenvalue weighted by Crippen LogP contribution is -2.33. The highest BCUT2D eigenvalue weighted by molar-refractivity contribution is 14.1. The number of rotatable bonds is 3. The van der Waals surface area contributed by atoms with E-state index in [1.807, 2.05) is 12.1 Å². The second kappa shape index (κ2) is 6.84. The van der Waals surface area contributed by atoms with Crippen LogP contribution in [0, 0.1) is 9.49 Å². The smallest absolute Gasteiger partial charge is 0.227 e. The first-order valence-electron chi connectivity index (χ1n) is 8.55. The van der Waals surface area contributed by atoms with Gasteiger partial charge in [-0.15, -0.1) is 0 Å². The van der Waals surface area contributed by atoms with Crippen LogP contribution in [0.25, 0.3) is 22.6 Å². The summed E-state index contributed by atoms with van der Waals surface area (Å²) in [6, 6.07) is 14.7. The van der Waals surface area contributed by atoms with Crippen LogP contribution in [0.3, 0.4) is 0 Å². The van der Waals surface area contributed by atoms with Gasteiger partial charge in [-0.1, -0.05) is 19.1 Å². The summed E-state index contributed by atoms with van der Waals surface area (Å²) in [4.78, 5) is 7.26. The van der Waals surface area contributed by atoms with Crippen molar-refractivity contribution in [3.8, 4) is 11.5 Å². The molecule has 2 aromatic carbocycles. The van der Waals surface area contributed by atoms with E-state index < -0.39 is 0 Å². The largest absolute Gasteiger partial charge is 0.436 e. The molecule has 0 spiro atoms. The van der Waals surface area contributed by atoms with E-state index in [1.54, 1.807) is 0 Å². The van der Waals surface area contributed by atoms with Gasteiger partial charge in [0.2, 0.25) is 5.89 Å². The summed E-state index contributed by atoms with van der Waals surface area (Å²) >= 11 is 2.31. The van der Waals surface area contributed by atoms with Gasteiger partial charge in [-0.05, 0) is 83.8 Å². The third kappa shape index (κ3) is 3.49. The number of aromatic nitrogens is 1. The number of oxazole rings is 1. The van der Waals surface area contributed by atoms with E-state index in [0.29, 0.717) is 5.89 Å². The van der Waals surface area contributed by atoms with Crippen molar-refractivity contribution in [1.82, 2.24) is 9.88 Å². The fraction of sp³-hybridized carbons (Fsp3) is 0.350. The average molecular weight is 432 g/mol. The molecule has 0 aliphatic carbocycles. The molecule has 4 heteroatoms. The van der Waals surface area contributed by atoms with Crippen LogP contribution in [-0.2, 0) is 6.54 Å². The molecular weight excluding hydrogens is 411 g/mol. The Morgan fingerprint density at radius 1 is 1.25 bits per heavy atom. The topological polar surface area (TPSA) is 29.3 Å². The fourth-order valence-electron chi connectivity index (χ4n) is 3.50. The summed E-state index contributed by atoms with van der Waals surface area (Å²) in [6.45, 7) is 5.76. The maximum Gasteiger partial charge on any atom is 0.227 e. The summed E-state index contributed by atoms with van der Waals surface area (Å²) < 4.78 is 7.13. The number of fused-ring (bicyclic) bond motifs is 1. The molecule has 1 unspecified atom stereocenters. The van der Waals surface area contributed by atoms with Crippen molar-refractivity contribution >= 4 is 33.7 Å². The summed E-state index contributed by atoms with van der Waals surface area (Å²) in [5.74, 6) is 1.51. The molecule has 24 heavy (non-hydrogen) atoms. The predicted molar refractivity (Wildman–Crippen MR) is 106 cm³/mol. The van der Waals surface area contributed by atoms with Gasteiger partial charge in [-0.25, -0.2) is 4.98 Å². The summed E-state index contributed by atoms with van der Waals surface area (Å²) in [5.41, 5.74) is 4.16. The number of piperidine rings is 1. The molecule has 1 saturated heterocycles. The summed E-state index contributed by atoms with van der Waals surface area (Å²) in [7, 11) is 0. The second-order valence-electron chi connectivity index (χ2n) is 6.81. The van der Waals surface area contributed by atoms with Gasteiger partial charge in [0, 0.05) is 22.2 Å². The number of nitrogens with zero attached hydrogens (tertiary/aromatic N) is 2. The predicted octanol–water partition coefficient (Wildman–Crippen LogP) is 5.33. The Labute approximate surface area is 156 Å². The molecular formula is C20H21IN2O. The van der Waals surface area contributed by atoms with Crippen LogP contribution in [0.2, 0.25) is 0 Å². The number of hydrogen-bond acceptors (Lipinski definition) is 3. The fourth-order valence-corrected chi connectivity index (χ4v) is 4.05. The van der Waals surface area contributed by atoms with E-state index in [4.69, 9.17) is 9.40 Å². The van der Waals surface area contributed by atoms with Crippen LogP contribution in [0.4, 0.5) is 0 Å². The van der Waals surface area contributed by atoms with Crippen LogP contribution in [0.1, 0.15) is 25.3 Å². The van der Waals surface area contributed by atoms with Gasteiger partial charge in [0.1, 0.15) is 5.52 Å². The van der Waals surface area contributed by atoms with Crippen molar-refractivity contribution < 1.29 is 4.42 Å². The Bertz CT molecular complexity index is 858. The Balaban J connectivity index is 1.59. The molecule has 0 saturated carbocycles. The molecule has 1 aliphatic heterocycles. The second-order valence-corrected chi connectivity index (χ2v) is 8.06. The number of halogens is 1. The molecule has 3 aromatic rings. The van der Waals surface area contributed by atoms with E-state index >= 15 is 0 Å². The molecule has 1 aliphatic rings. The number of hydrogen-bond donors (Lipinski definition) is 0. The van der Waals surface area contributed by atoms with E-state index in [-0.39, 0.29) is 0 Å². The van der Waals surface area contributed by atoms with E-state index in [2.05, 4.69) is 64.7 Å². The third-order valence-electron chi connectivity index (χ3n) is 4.67. The Morgan fingerprint density at radius 2 is 2.17 bits per heavy atom. The monoisotopic (exact) mass is 432 g/mol. The highest BCUT2D eigenvalue weighted by atomic mass is 127. The molecule has 1 atom stereocenters. The Kier molecular flexibility index (Phi) is 4.59. The first-order valence-corrected chi connectivity index (χ1v) is 9.63.